The summed E-state index contributed by atoms with van der Waals surface area (Å²) in [6, 6.07) is 2.79. The topological polar surface area (TPSA) is 126 Å². The summed E-state index contributed by atoms with van der Waals surface area (Å²) in [5, 5.41) is 7.95. The minimum Gasteiger partial charge on any atom is -0.444 e. The fourth-order valence-electron chi connectivity index (χ4n) is 3.81. The summed E-state index contributed by atoms with van der Waals surface area (Å²) < 4.78 is 68.9. The fourth-order valence-corrected chi connectivity index (χ4v) is 5.02. The lowest BCUT2D eigenvalue weighted by Gasteiger charge is -2.31. The quantitative estimate of drug-likeness (QED) is 0.409. The maximum atomic E-state index is 13.1. The predicted molar refractivity (Wildman–Crippen MR) is 126 cm³/mol. The third-order valence-corrected chi connectivity index (χ3v) is 6.80. The Morgan fingerprint density at radius 3 is 2.29 bits per heavy atom. The summed E-state index contributed by atoms with van der Waals surface area (Å²) in [5.41, 5.74) is -0.548. The van der Waals surface area contributed by atoms with Gasteiger partial charge in [-0.2, -0.15) is 13.2 Å². The molecule has 0 aromatic heterocycles. The molecule has 0 bridgehead atoms. The Morgan fingerprint density at radius 2 is 1.74 bits per heavy atom. The largest absolute Gasteiger partial charge is 0.444 e. The van der Waals surface area contributed by atoms with Crippen LogP contribution in [-0.2, 0) is 19.6 Å². The summed E-state index contributed by atoms with van der Waals surface area (Å²) in [7, 11) is -3.07. The lowest BCUT2D eigenvalue weighted by atomic mass is 9.83. The lowest BCUT2D eigenvalue weighted by Crippen LogP contribution is -2.50. The number of alkyl carbamates (subject to hydrolysis) is 1. The molecule has 1 aromatic rings. The number of hydrogen-bond donors (Lipinski definition) is 4. The second kappa shape index (κ2) is 11.5. The van der Waals surface area contributed by atoms with E-state index >= 15 is 0 Å². The van der Waals surface area contributed by atoms with Gasteiger partial charge >= 0.3 is 12.3 Å². The molecule has 1 atom stereocenters. The molecular weight excluding hydrogens is 489 g/mol. The number of carbonyl (C=O) groups is 2. The van der Waals surface area contributed by atoms with Crippen molar-refractivity contribution in [1.29, 1.82) is 0 Å². The molecule has 4 N–H and O–H groups in total. The Balaban J connectivity index is 2.23. The van der Waals surface area contributed by atoms with Crippen LogP contribution in [0.4, 0.5) is 29.3 Å². The Morgan fingerprint density at radius 1 is 1.11 bits per heavy atom. The Kier molecular flexibility index (Phi) is 9.40. The molecule has 1 fully saturated rings. The molecule has 0 radical (unpaired) electrons. The highest BCUT2D eigenvalue weighted by Crippen LogP contribution is 2.29. The summed E-state index contributed by atoms with van der Waals surface area (Å²) >= 11 is 0. The van der Waals surface area contributed by atoms with E-state index in [0.29, 0.717) is 0 Å². The maximum Gasteiger partial charge on any atom is 0.408 e. The first kappa shape index (κ1) is 28.7. The highest BCUT2D eigenvalue weighted by molar-refractivity contribution is 7.89. The minimum atomic E-state index is -4.71. The number of alkyl halides is 3. The number of hydrogen-bond acceptors (Lipinski definition) is 6. The SMILES string of the molecule is CNc1cc(NC(=O)[C@@H](NC(=O)OC(C)(C)C)C2CCCCC2)ccc1S(=O)(=O)NCC(F)(F)F. The number of carbonyl (C=O) groups excluding carboxylic acids is 2. The Bertz CT molecular complexity index is 1000. The predicted octanol–water partition coefficient (Wildman–Crippen LogP) is 3.98. The molecule has 2 amide bonds. The zero-order valence-corrected chi connectivity index (χ0v) is 21.0. The van der Waals surface area contributed by atoms with Gasteiger partial charge in [-0.3, -0.25) is 4.79 Å². The van der Waals surface area contributed by atoms with Gasteiger partial charge in [-0.25, -0.2) is 17.9 Å². The molecule has 13 heteroatoms. The number of sulfonamides is 1. The second-order valence-electron chi connectivity index (χ2n) is 9.41. The van der Waals surface area contributed by atoms with E-state index in [-0.39, 0.29) is 17.3 Å². The van der Waals surface area contributed by atoms with Gasteiger partial charge in [0, 0.05) is 12.7 Å². The molecule has 0 spiro atoms. The number of ether oxygens (including phenoxy) is 1. The summed E-state index contributed by atoms with van der Waals surface area (Å²) in [6.07, 6.45) is -1.05. The zero-order chi connectivity index (χ0) is 26.4. The molecule has 2 rings (SSSR count). The van der Waals surface area contributed by atoms with Crippen LogP contribution in [0.25, 0.3) is 0 Å². The van der Waals surface area contributed by atoms with E-state index < -0.39 is 51.3 Å². The van der Waals surface area contributed by atoms with Crippen molar-refractivity contribution in [1.82, 2.24) is 10.0 Å². The van der Waals surface area contributed by atoms with Gasteiger partial charge in [-0.1, -0.05) is 19.3 Å². The van der Waals surface area contributed by atoms with E-state index in [4.69, 9.17) is 4.74 Å². The second-order valence-corrected chi connectivity index (χ2v) is 11.1. The van der Waals surface area contributed by atoms with Crippen LogP contribution >= 0.6 is 0 Å². The molecule has 1 aromatic carbocycles. The average Bonchev–Trinajstić information content (AvgIpc) is 2.75. The van der Waals surface area contributed by atoms with Crippen LogP contribution in [0.5, 0.6) is 0 Å². The van der Waals surface area contributed by atoms with E-state index in [9.17, 15) is 31.2 Å². The zero-order valence-electron chi connectivity index (χ0n) is 20.2. The molecule has 1 aliphatic carbocycles. The van der Waals surface area contributed by atoms with Crippen molar-refractivity contribution in [3.05, 3.63) is 18.2 Å². The lowest BCUT2D eigenvalue weighted by molar-refractivity contribution is -0.121. The number of nitrogens with one attached hydrogen (secondary N) is 4. The monoisotopic (exact) mass is 522 g/mol. The van der Waals surface area contributed by atoms with E-state index in [1.54, 1.807) is 20.8 Å². The first-order valence-electron chi connectivity index (χ1n) is 11.3. The first-order valence-corrected chi connectivity index (χ1v) is 12.8. The average molecular weight is 523 g/mol. The van der Waals surface area contributed by atoms with Crippen LogP contribution < -0.4 is 20.7 Å². The standard InChI is InChI=1S/C22H33F3N4O5S/c1-21(2,3)34-20(31)29-18(14-8-6-5-7-9-14)19(30)28-15-10-11-17(16(12-15)26-4)35(32,33)27-13-22(23,24)25/h10-12,14,18,26-27H,5-9,13H2,1-4H3,(H,28,30)(H,29,31)/t18-/m0/s1. The van der Waals surface area contributed by atoms with Crippen LogP contribution in [0.1, 0.15) is 52.9 Å². The number of anilines is 2. The van der Waals surface area contributed by atoms with Crippen molar-refractivity contribution < 1.29 is 35.9 Å². The molecule has 1 aliphatic rings. The third kappa shape index (κ3) is 9.21. The molecule has 0 heterocycles. The van der Waals surface area contributed by atoms with Gasteiger partial charge in [0.2, 0.25) is 15.9 Å². The fraction of sp³-hybridized carbons (Fsp3) is 0.636. The van der Waals surface area contributed by atoms with E-state index in [2.05, 4.69) is 16.0 Å². The van der Waals surface area contributed by atoms with Gasteiger partial charge < -0.3 is 20.7 Å². The van der Waals surface area contributed by atoms with Crippen molar-refractivity contribution in [2.24, 2.45) is 5.92 Å². The Labute approximate surface area is 203 Å². The highest BCUT2D eigenvalue weighted by Gasteiger charge is 2.33. The maximum absolute atomic E-state index is 13.1. The van der Waals surface area contributed by atoms with E-state index in [1.807, 2.05) is 0 Å². The van der Waals surface area contributed by atoms with Crippen LogP contribution in [0.3, 0.4) is 0 Å². The van der Waals surface area contributed by atoms with Crippen molar-refractivity contribution in [3.8, 4) is 0 Å². The van der Waals surface area contributed by atoms with Gasteiger partial charge in [-0.15, -0.1) is 0 Å². The smallest absolute Gasteiger partial charge is 0.408 e. The van der Waals surface area contributed by atoms with Crippen LogP contribution in [0.15, 0.2) is 23.1 Å². The molecule has 0 unspecified atom stereocenters. The molecule has 0 aliphatic heterocycles. The molecule has 0 saturated heterocycles. The van der Waals surface area contributed by atoms with Crippen molar-refractivity contribution >= 4 is 33.4 Å². The number of halogens is 3. The highest BCUT2D eigenvalue weighted by atomic mass is 32.2. The molecule has 198 valence electrons. The van der Waals surface area contributed by atoms with E-state index in [1.165, 1.54) is 23.9 Å². The van der Waals surface area contributed by atoms with Crippen molar-refractivity contribution in [2.75, 3.05) is 24.2 Å². The molecule has 1 saturated carbocycles. The molecule has 9 nitrogen and oxygen atoms in total. The summed E-state index contributed by atoms with van der Waals surface area (Å²) in [4.78, 5) is 25.1. The first-order chi connectivity index (χ1) is 16.1. The minimum absolute atomic E-state index is 0.00760. The van der Waals surface area contributed by atoms with Gasteiger partial charge in [0.1, 0.15) is 23.1 Å². The van der Waals surface area contributed by atoms with Gasteiger partial charge in [0.15, 0.2) is 0 Å². The summed E-state index contributed by atoms with van der Waals surface area (Å²) in [5.74, 6) is -0.609. The van der Waals surface area contributed by atoms with Gasteiger partial charge in [0.05, 0.1) is 5.69 Å². The van der Waals surface area contributed by atoms with Crippen LogP contribution in [0, 0.1) is 5.92 Å². The van der Waals surface area contributed by atoms with Gasteiger partial charge in [-0.05, 0) is 57.7 Å². The normalized spacial score (nSPS) is 16.3. The van der Waals surface area contributed by atoms with E-state index in [0.717, 1.165) is 38.2 Å². The number of benzene rings is 1. The number of amides is 2. The third-order valence-electron chi connectivity index (χ3n) is 5.34. The van der Waals surface area contributed by atoms with Gasteiger partial charge in [0.25, 0.3) is 0 Å². The molecule has 35 heavy (non-hydrogen) atoms. The summed E-state index contributed by atoms with van der Waals surface area (Å²) in [6.45, 7) is 3.42. The van der Waals surface area contributed by atoms with Crippen LogP contribution in [0.2, 0.25) is 0 Å². The molecular formula is C22H33F3N4O5S. The number of rotatable bonds is 8. The van der Waals surface area contributed by atoms with Crippen LogP contribution in [-0.4, -0.2) is 51.8 Å². The van der Waals surface area contributed by atoms with Crippen molar-refractivity contribution in [3.63, 3.8) is 0 Å². The Hall–Kier alpha value is -2.54. The van der Waals surface area contributed by atoms with Crippen molar-refractivity contribution in [2.45, 2.75) is 75.6 Å².